The highest BCUT2D eigenvalue weighted by molar-refractivity contribution is 5.82. The van der Waals surface area contributed by atoms with Gasteiger partial charge in [-0.3, -0.25) is 0 Å². The van der Waals surface area contributed by atoms with Crippen molar-refractivity contribution in [3.63, 3.8) is 0 Å². The van der Waals surface area contributed by atoms with E-state index in [-0.39, 0.29) is 0 Å². The quantitative estimate of drug-likeness (QED) is 0.362. The Hall–Kier alpha value is -3.72. The lowest BCUT2D eigenvalue weighted by molar-refractivity contribution is 0.415. The molecule has 0 spiro atoms. The summed E-state index contributed by atoms with van der Waals surface area (Å²) in [5.41, 5.74) is 6.65. The lowest BCUT2D eigenvalue weighted by Crippen LogP contribution is -1.89. The normalized spacial score (nSPS) is 10.5. The minimum Gasteiger partial charge on any atom is -0.497 e. The summed E-state index contributed by atoms with van der Waals surface area (Å²) in [6.45, 7) is 0. The summed E-state index contributed by atoms with van der Waals surface area (Å²) >= 11 is 0. The van der Waals surface area contributed by atoms with Crippen molar-refractivity contribution in [1.82, 2.24) is 0 Å². The molecule has 0 saturated heterocycles. The maximum atomic E-state index is 5.43. The van der Waals surface area contributed by atoms with E-state index in [2.05, 4.69) is 54.6 Å². The molecule has 0 radical (unpaired) electrons. The van der Waals surface area contributed by atoms with Crippen LogP contribution in [0.4, 0.5) is 0 Å². The SMILES string of the molecule is COc1cccc(-c2cc(-c3cccc(OC)c3)cc(-c3cccc(OC)c3)c2)c1. The fourth-order valence-corrected chi connectivity index (χ4v) is 3.54. The fourth-order valence-electron chi connectivity index (χ4n) is 3.54. The maximum absolute atomic E-state index is 5.43. The summed E-state index contributed by atoms with van der Waals surface area (Å²) in [4.78, 5) is 0. The molecule has 150 valence electrons. The van der Waals surface area contributed by atoms with E-state index < -0.39 is 0 Å². The molecular formula is C27H24O3. The first-order valence-corrected chi connectivity index (χ1v) is 9.78. The Morgan fingerprint density at radius 3 is 0.933 bits per heavy atom. The van der Waals surface area contributed by atoms with Crippen molar-refractivity contribution in [3.8, 4) is 50.6 Å². The number of ether oxygens (including phenoxy) is 3. The highest BCUT2D eigenvalue weighted by Gasteiger charge is 2.09. The van der Waals surface area contributed by atoms with Crippen LogP contribution in [0.2, 0.25) is 0 Å². The molecule has 4 rings (SSSR count). The fraction of sp³-hybridized carbons (Fsp3) is 0.111. The average molecular weight is 396 g/mol. The molecule has 4 aromatic carbocycles. The molecule has 4 aromatic rings. The standard InChI is InChI=1S/C27H24O3/c1-28-25-10-4-7-19(16-25)22-13-23(20-8-5-11-26(17-20)29-2)15-24(14-22)21-9-6-12-27(18-21)30-3/h4-18H,1-3H3. The zero-order chi connectivity index (χ0) is 20.9. The molecule has 0 aliphatic heterocycles. The molecule has 30 heavy (non-hydrogen) atoms. The van der Waals surface area contributed by atoms with E-state index >= 15 is 0 Å². The van der Waals surface area contributed by atoms with Gasteiger partial charge in [-0.1, -0.05) is 36.4 Å². The van der Waals surface area contributed by atoms with E-state index in [0.717, 1.165) is 50.6 Å². The topological polar surface area (TPSA) is 27.7 Å². The third-order valence-electron chi connectivity index (χ3n) is 5.14. The van der Waals surface area contributed by atoms with E-state index in [0.29, 0.717) is 0 Å². The van der Waals surface area contributed by atoms with Crippen molar-refractivity contribution in [3.05, 3.63) is 91.0 Å². The van der Waals surface area contributed by atoms with Crippen LogP contribution < -0.4 is 14.2 Å². The first kappa shape index (κ1) is 19.6. The summed E-state index contributed by atoms with van der Waals surface area (Å²) < 4.78 is 16.3. The Morgan fingerprint density at radius 2 is 0.667 bits per heavy atom. The molecule has 3 nitrogen and oxygen atoms in total. The summed E-state index contributed by atoms with van der Waals surface area (Å²) in [5.74, 6) is 2.51. The van der Waals surface area contributed by atoms with E-state index in [4.69, 9.17) is 14.2 Å². The molecule has 0 aliphatic carbocycles. The Kier molecular flexibility index (Phi) is 5.71. The van der Waals surface area contributed by atoms with Gasteiger partial charge in [-0.15, -0.1) is 0 Å². The minimum absolute atomic E-state index is 0.835. The molecule has 0 unspecified atom stereocenters. The lowest BCUT2D eigenvalue weighted by atomic mass is 9.93. The van der Waals surface area contributed by atoms with Crippen molar-refractivity contribution in [2.75, 3.05) is 21.3 Å². The Morgan fingerprint density at radius 1 is 0.367 bits per heavy atom. The first-order chi connectivity index (χ1) is 14.7. The van der Waals surface area contributed by atoms with Crippen molar-refractivity contribution in [2.45, 2.75) is 0 Å². The molecule has 0 heterocycles. The Bertz CT molecular complexity index is 1010. The zero-order valence-electron chi connectivity index (χ0n) is 17.4. The second kappa shape index (κ2) is 8.75. The second-order valence-corrected chi connectivity index (χ2v) is 6.99. The van der Waals surface area contributed by atoms with Crippen LogP contribution in [0.25, 0.3) is 33.4 Å². The summed E-state index contributed by atoms with van der Waals surface area (Å²) in [5, 5.41) is 0. The summed E-state index contributed by atoms with van der Waals surface area (Å²) in [6.07, 6.45) is 0. The Labute approximate surface area is 177 Å². The Balaban J connectivity index is 1.91. The predicted molar refractivity (Wildman–Crippen MR) is 122 cm³/mol. The number of hydrogen-bond donors (Lipinski definition) is 0. The molecule has 3 heteroatoms. The van der Waals surface area contributed by atoms with Gasteiger partial charge in [0, 0.05) is 0 Å². The summed E-state index contributed by atoms with van der Waals surface area (Å²) in [7, 11) is 5.06. The van der Waals surface area contributed by atoms with Crippen LogP contribution >= 0.6 is 0 Å². The van der Waals surface area contributed by atoms with Crippen LogP contribution in [0.1, 0.15) is 0 Å². The van der Waals surface area contributed by atoms with Crippen molar-refractivity contribution < 1.29 is 14.2 Å². The van der Waals surface area contributed by atoms with Crippen molar-refractivity contribution in [1.29, 1.82) is 0 Å². The number of hydrogen-bond acceptors (Lipinski definition) is 3. The predicted octanol–water partition coefficient (Wildman–Crippen LogP) is 6.71. The van der Waals surface area contributed by atoms with Crippen LogP contribution in [-0.4, -0.2) is 21.3 Å². The van der Waals surface area contributed by atoms with Gasteiger partial charge < -0.3 is 14.2 Å². The van der Waals surface area contributed by atoms with Crippen molar-refractivity contribution >= 4 is 0 Å². The van der Waals surface area contributed by atoms with Crippen LogP contribution in [-0.2, 0) is 0 Å². The van der Waals surface area contributed by atoms with E-state index in [9.17, 15) is 0 Å². The maximum Gasteiger partial charge on any atom is 0.119 e. The van der Waals surface area contributed by atoms with Gasteiger partial charge in [-0.05, 0) is 88.0 Å². The van der Waals surface area contributed by atoms with Crippen LogP contribution in [0, 0.1) is 0 Å². The monoisotopic (exact) mass is 396 g/mol. The van der Waals surface area contributed by atoms with Gasteiger partial charge >= 0.3 is 0 Å². The first-order valence-electron chi connectivity index (χ1n) is 9.78. The largest absolute Gasteiger partial charge is 0.497 e. The highest BCUT2D eigenvalue weighted by atomic mass is 16.5. The number of benzene rings is 4. The van der Waals surface area contributed by atoms with Gasteiger partial charge in [0.05, 0.1) is 21.3 Å². The smallest absolute Gasteiger partial charge is 0.119 e. The zero-order valence-corrected chi connectivity index (χ0v) is 17.4. The molecule has 0 aliphatic rings. The van der Waals surface area contributed by atoms with Crippen LogP contribution in [0.5, 0.6) is 17.2 Å². The van der Waals surface area contributed by atoms with Gasteiger partial charge in [0.1, 0.15) is 17.2 Å². The molecule has 0 bridgehead atoms. The second-order valence-electron chi connectivity index (χ2n) is 6.99. The molecule has 0 N–H and O–H groups in total. The van der Waals surface area contributed by atoms with E-state index in [1.165, 1.54) is 0 Å². The third kappa shape index (κ3) is 4.15. The van der Waals surface area contributed by atoms with Gasteiger partial charge in [0.25, 0.3) is 0 Å². The lowest BCUT2D eigenvalue weighted by Gasteiger charge is -2.13. The van der Waals surface area contributed by atoms with E-state index in [1.54, 1.807) is 21.3 Å². The minimum atomic E-state index is 0.835. The van der Waals surface area contributed by atoms with Gasteiger partial charge in [-0.2, -0.15) is 0 Å². The molecule has 0 amide bonds. The third-order valence-corrected chi connectivity index (χ3v) is 5.14. The van der Waals surface area contributed by atoms with Crippen LogP contribution in [0.3, 0.4) is 0 Å². The molecule has 0 saturated carbocycles. The highest BCUT2D eigenvalue weighted by Crippen LogP contribution is 2.35. The van der Waals surface area contributed by atoms with Crippen molar-refractivity contribution in [2.24, 2.45) is 0 Å². The van der Waals surface area contributed by atoms with Crippen LogP contribution in [0.15, 0.2) is 91.0 Å². The summed E-state index contributed by atoms with van der Waals surface area (Å²) in [6, 6.07) is 31.0. The van der Waals surface area contributed by atoms with Gasteiger partial charge in [0.2, 0.25) is 0 Å². The van der Waals surface area contributed by atoms with E-state index in [1.807, 2.05) is 36.4 Å². The van der Waals surface area contributed by atoms with Gasteiger partial charge in [0.15, 0.2) is 0 Å². The molecular weight excluding hydrogens is 372 g/mol. The molecule has 0 atom stereocenters. The number of rotatable bonds is 6. The molecule has 0 aromatic heterocycles. The van der Waals surface area contributed by atoms with Gasteiger partial charge in [-0.25, -0.2) is 0 Å². The number of methoxy groups -OCH3 is 3. The average Bonchev–Trinajstić information content (AvgIpc) is 2.83. The molecule has 0 fully saturated rings.